The smallest absolute Gasteiger partial charge is 0.421 e. The Morgan fingerprint density at radius 1 is 1.15 bits per heavy atom. The highest BCUT2D eigenvalue weighted by molar-refractivity contribution is 6.04. The van der Waals surface area contributed by atoms with Crippen molar-refractivity contribution >= 4 is 30.6 Å². The molecule has 3 amide bonds. The molecule has 2 aromatic carbocycles. The van der Waals surface area contributed by atoms with E-state index in [1.807, 2.05) is 24.3 Å². The molecule has 5 rings (SSSR count). The second kappa shape index (κ2) is 10.1. The first kappa shape index (κ1) is 26.4. The third-order valence-corrected chi connectivity index (χ3v) is 8.67. The van der Waals surface area contributed by atoms with Gasteiger partial charge in [0.05, 0.1) is 18.2 Å². The van der Waals surface area contributed by atoms with Gasteiger partial charge in [0.1, 0.15) is 12.9 Å². The average Bonchev–Trinajstić information content (AvgIpc) is 3.42. The van der Waals surface area contributed by atoms with E-state index in [0.29, 0.717) is 12.0 Å². The van der Waals surface area contributed by atoms with Gasteiger partial charge in [-0.15, -0.1) is 6.58 Å². The van der Waals surface area contributed by atoms with Crippen molar-refractivity contribution in [3.63, 3.8) is 0 Å². The Balaban J connectivity index is 1.59. The Morgan fingerprint density at radius 3 is 2.51 bits per heavy atom. The second-order valence-electron chi connectivity index (χ2n) is 10.2. The lowest BCUT2D eigenvalue weighted by molar-refractivity contribution is -0.114. The molecule has 202 valence electrons. The molecule has 2 aliphatic carbocycles. The molecular formula is C30H30N2O7. The average molecular weight is 531 g/mol. The highest BCUT2D eigenvalue weighted by Gasteiger charge is 2.73. The molecule has 1 aliphatic heterocycles. The second-order valence-corrected chi connectivity index (χ2v) is 10.2. The molecular weight excluding hydrogens is 500 g/mol. The molecule has 2 fully saturated rings. The van der Waals surface area contributed by atoms with Gasteiger partial charge in [0.15, 0.2) is 0 Å². The Bertz CT molecular complexity index is 1330. The Labute approximate surface area is 226 Å². The lowest BCUT2D eigenvalue weighted by Gasteiger charge is -2.45. The van der Waals surface area contributed by atoms with E-state index in [1.54, 1.807) is 53.5 Å². The van der Waals surface area contributed by atoms with E-state index in [-0.39, 0.29) is 37.3 Å². The quantitative estimate of drug-likeness (QED) is 0.411. The number of aliphatic hydroxyl groups is 1. The number of imide groups is 1. The van der Waals surface area contributed by atoms with E-state index < -0.39 is 35.0 Å². The number of aliphatic hydroxyl groups excluding tert-OH is 1. The van der Waals surface area contributed by atoms with Crippen LogP contribution in [-0.4, -0.2) is 61.2 Å². The maximum absolute atomic E-state index is 13.2. The number of benzene rings is 2. The predicted octanol–water partition coefficient (Wildman–Crippen LogP) is 3.47. The van der Waals surface area contributed by atoms with E-state index >= 15 is 0 Å². The van der Waals surface area contributed by atoms with E-state index in [2.05, 4.69) is 6.58 Å². The van der Waals surface area contributed by atoms with Crippen LogP contribution in [0.3, 0.4) is 0 Å². The number of aldehydes is 1. The number of ether oxygens (including phenoxy) is 2. The summed E-state index contributed by atoms with van der Waals surface area (Å²) in [4.78, 5) is 53.9. The summed E-state index contributed by atoms with van der Waals surface area (Å²) in [5, 5.41) is 10.4. The zero-order valence-electron chi connectivity index (χ0n) is 21.5. The van der Waals surface area contributed by atoms with Gasteiger partial charge in [0, 0.05) is 36.4 Å². The van der Waals surface area contributed by atoms with Gasteiger partial charge in [0.2, 0.25) is 6.41 Å². The number of anilines is 1. The number of likely N-dealkylation sites (tertiary alicyclic amines) is 1. The fraction of sp³-hybridized carbons (Fsp3) is 0.333. The first-order valence-corrected chi connectivity index (χ1v) is 12.7. The number of rotatable bonds is 8. The minimum absolute atomic E-state index is 0.0386. The lowest BCUT2D eigenvalue weighted by atomic mass is 9.56. The van der Waals surface area contributed by atoms with Crippen molar-refractivity contribution in [1.82, 2.24) is 4.90 Å². The van der Waals surface area contributed by atoms with Crippen LogP contribution in [0.1, 0.15) is 11.1 Å². The molecule has 0 radical (unpaired) electrons. The number of allylic oxidation sites excluding steroid dienone is 2. The van der Waals surface area contributed by atoms with Gasteiger partial charge in [-0.05, 0) is 23.1 Å². The molecule has 4 bridgehead atoms. The Kier molecular flexibility index (Phi) is 6.86. The fourth-order valence-corrected chi connectivity index (χ4v) is 7.14. The van der Waals surface area contributed by atoms with Gasteiger partial charge in [-0.2, -0.15) is 0 Å². The minimum Gasteiger partial charge on any atom is -0.453 e. The Morgan fingerprint density at radius 2 is 1.87 bits per heavy atom. The van der Waals surface area contributed by atoms with Crippen molar-refractivity contribution in [3.8, 4) is 0 Å². The van der Waals surface area contributed by atoms with Crippen LogP contribution >= 0.6 is 0 Å². The highest BCUT2D eigenvalue weighted by Crippen LogP contribution is 2.68. The number of para-hydroxylation sites is 1. The molecule has 1 saturated heterocycles. The summed E-state index contributed by atoms with van der Waals surface area (Å²) < 4.78 is 10.5. The number of carbonyl (C=O) groups excluding carboxylic acids is 4. The predicted molar refractivity (Wildman–Crippen MR) is 142 cm³/mol. The minimum atomic E-state index is -1.35. The van der Waals surface area contributed by atoms with Gasteiger partial charge >= 0.3 is 12.2 Å². The van der Waals surface area contributed by atoms with Crippen molar-refractivity contribution in [2.24, 2.45) is 23.2 Å². The molecule has 39 heavy (non-hydrogen) atoms. The van der Waals surface area contributed by atoms with E-state index in [4.69, 9.17) is 9.47 Å². The van der Waals surface area contributed by atoms with Crippen LogP contribution in [-0.2, 0) is 31.1 Å². The first-order chi connectivity index (χ1) is 18.9. The van der Waals surface area contributed by atoms with Crippen LogP contribution in [0.15, 0.2) is 79.4 Å². The van der Waals surface area contributed by atoms with Crippen molar-refractivity contribution in [2.45, 2.75) is 18.1 Å². The van der Waals surface area contributed by atoms with E-state index in [0.717, 1.165) is 16.7 Å². The van der Waals surface area contributed by atoms with Gasteiger partial charge in [-0.1, -0.05) is 66.8 Å². The molecule has 2 aromatic rings. The maximum atomic E-state index is 13.2. The van der Waals surface area contributed by atoms with Crippen molar-refractivity contribution in [1.29, 1.82) is 0 Å². The standard InChI is InChI=1S/C30H30N2O7/c1-3-29-17-31(27(36)38-2)25-21(15-33)22(29)13-14-30(18-34,26(25)29)23-11-7-8-12-24(23)32(19-35)28(37)39-16-20-9-5-4-6-10-20/h3-14,18-19,21-22,25-26,33H,1,15-17H2,2H3/t21-,22+,25+,26-,29?,30+/m0/s1. The van der Waals surface area contributed by atoms with Crippen LogP contribution in [0, 0.1) is 23.2 Å². The molecule has 6 atom stereocenters. The summed E-state index contributed by atoms with van der Waals surface area (Å²) in [6, 6.07) is 15.2. The van der Waals surface area contributed by atoms with Crippen LogP contribution in [0.2, 0.25) is 0 Å². The van der Waals surface area contributed by atoms with Gasteiger partial charge < -0.3 is 24.3 Å². The molecule has 9 nitrogen and oxygen atoms in total. The molecule has 1 N–H and O–H groups in total. The molecule has 0 aromatic heterocycles. The van der Waals surface area contributed by atoms with Crippen molar-refractivity contribution < 1.29 is 33.8 Å². The zero-order chi connectivity index (χ0) is 27.8. The molecule has 1 unspecified atom stereocenters. The summed E-state index contributed by atoms with van der Waals surface area (Å²) >= 11 is 0. The van der Waals surface area contributed by atoms with Crippen LogP contribution in [0.4, 0.5) is 15.3 Å². The fourth-order valence-electron chi connectivity index (χ4n) is 7.14. The zero-order valence-corrected chi connectivity index (χ0v) is 21.5. The number of carbonyl (C=O) groups is 4. The number of nitrogens with zero attached hydrogens (tertiary/aromatic N) is 2. The monoisotopic (exact) mass is 530 g/mol. The van der Waals surface area contributed by atoms with Gasteiger partial charge in [0.25, 0.3) is 0 Å². The number of hydrogen-bond donors (Lipinski definition) is 1. The lowest BCUT2D eigenvalue weighted by Crippen LogP contribution is -2.49. The topological polar surface area (TPSA) is 113 Å². The molecule has 9 heteroatoms. The number of piperidine rings is 1. The van der Waals surface area contributed by atoms with Crippen LogP contribution < -0.4 is 4.90 Å². The third-order valence-electron chi connectivity index (χ3n) is 8.67. The van der Waals surface area contributed by atoms with E-state index in [9.17, 15) is 24.3 Å². The highest BCUT2D eigenvalue weighted by atomic mass is 16.6. The van der Waals surface area contributed by atoms with Crippen LogP contribution in [0.25, 0.3) is 0 Å². The van der Waals surface area contributed by atoms with Gasteiger partial charge in [-0.25, -0.2) is 14.5 Å². The summed E-state index contributed by atoms with van der Waals surface area (Å²) in [6.45, 7) is 4.10. The third kappa shape index (κ3) is 3.79. The summed E-state index contributed by atoms with van der Waals surface area (Å²) in [5.41, 5.74) is -0.737. The molecule has 3 aliphatic rings. The summed E-state index contributed by atoms with van der Waals surface area (Å²) in [5.74, 6) is -1.04. The molecule has 0 spiro atoms. The normalized spacial score (nSPS) is 29.9. The maximum Gasteiger partial charge on any atom is 0.421 e. The summed E-state index contributed by atoms with van der Waals surface area (Å²) in [6.07, 6.45) is 5.16. The largest absolute Gasteiger partial charge is 0.453 e. The number of methoxy groups -OCH3 is 1. The summed E-state index contributed by atoms with van der Waals surface area (Å²) in [7, 11) is 1.29. The Hall–Kier alpha value is -4.24. The van der Waals surface area contributed by atoms with Crippen molar-refractivity contribution in [2.75, 3.05) is 25.2 Å². The molecule has 1 heterocycles. The SMILES string of the molecule is C=CC12CN(C(=O)OC)[C@@H]3[C@@H](CO)[C@H]1C=C[C@@](C=O)(c1ccccc1N(C=O)C(=O)OCc1ccccc1)[C@@H]32. The first-order valence-electron chi connectivity index (χ1n) is 12.7. The number of amides is 3. The van der Waals surface area contributed by atoms with Crippen molar-refractivity contribution in [3.05, 3.63) is 90.5 Å². The molecule has 1 saturated carbocycles. The van der Waals surface area contributed by atoms with Gasteiger partial charge in [-0.3, -0.25) is 4.79 Å². The van der Waals surface area contributed by atoms with Crippen LogP contribution in [0.5, 0.6) is 0 Å². The number of hydrogen-bond acceptors (Lipinski definition) is 7. The van der Waals surface area contributed by atoms with E-state index in [1.165, 1.54) is 7.11 Å².